The first-order chi connectivity index (χ1) is 11.6. The first kappa shape index (κ1) is 22.9. The average Bonchev–Trinajstić information content (AvgIpc) is 2.53. The molecule has 4 nitrogen and oxygen atoms in total. The van der Waals surface area contributed by atoms with Gasteiger partial charge < -0.3 is 10.8 Å². The number of aliphatic carboxylic acids is 1. The number of carboxylic acids is 1. The molecule has 0 aromatic heterocycles. The fourth-order valence-electron chi connectivity index (χ4n) is 3.05. The molecule has 0 aliphatic heterocycles. The molecule has 0 aliphatic carbocycles. The molecule has 0 aliphatic rings. The van der Waals surface area contributed by atoms with E-state index in [9.17, 15) is 9.59 Å². The molecule has 142 valence electrons. The minimum Gasteiger partial charge on any atom is -0.481 e. The fraction of sp³-hybridized carbons (Fsp3) is 0.900. The van der Waals surface area contributed by atoms with Crippen LogP contribution < -0.4 is 5.73 Å². The second-order valence-electron chi connectivity index (χ2n) is 7.02. The molecule has 24 heavy (non-hydrogen) atoms. The Hall–Kier alpha value is -1.06. The zero-order chi connectivity index (χ0) is 17.9. The van der Waals surface area contributed by atoms with Gasteiger partial charge in [-0.25, -0.2) is 0 Å². The molecule has 0 spiro atoms. The Balaban J connectivity index is 3.00. The summed E-state index contributed by atoms with van der Waals surface area (Å²) in [4.78, 5) is 21.0. The summed E-state index contributed by atoms with van der Waals surface area (Å²) in [6.45, 7) is 0. The van der Waals surface area contributed by atoms with Crippen molar-refractivity contribution >= 4 is 11.9 Å². The minimum absolute atomic E-state index is 0.173. The van der Waals surface area contributed by atoms with Crippen LogP contribution in [-0.4, -0.2) is 17.0 Å². The maximum Gasteiger partial charge on any atom is 0.303 e. The van der Waals surface area contributed by atoms with Crippen molar-refractivity contribution in [2.75, 3.05) is 0 Å². The van der Waals surface area contributed by atoms with Crippen LogP contribution in [-0.2, 0) is 9.59 Å². The molecule has 0 heterocycles. The smallest absolute Gasteiger partial charge is 0.303 e. The highest BCUT2D eigenvalue weighted by atomic mass is 16.4. The minimum atomic E-state index is -0.668. The molecule has 3 N–H and O–H groups in total. The summed E-state index contributed by atoms with van der Waals surface area (Å²) in [7, 11) is 0. The maximum atomic E-state index is 10.6. The van der Waals surface area contributed by atoms with Crippen LogP contribution in [0.1, 0.15) is 116 Å². The molecule has 0 fully saturated rings. The van der Waals surface area contributed by atoms with Gasteiger partial charge in [0, 0.05) is 12.8 Å². The van der Waals surface area contributed by atoms with Gasteiger partial charge >= 0.3 is 5.97 Å². The first-order valence-corrected chi connectivity index (χ1v) is 10.1. The molecular weight excluding hydrogens is 302 g/mol. The zero-order valence-corrected chi connectivity index (χ0v) is 15.6. The molecule has 0 rings (SSSR count). The van der Waals surface area contributed by atoms with Crippen LogP contribution >= 0.6 is 0 Å². The highest BCUT2D eigenvalue weighted by molar-refractivity contribution is 5.73. The Morgan fingerprint density at radius 1 is 0.500 bits per heavy atom. The van der Waals surface area contributed by atoms with Gasteiger partial charge in [0.05, 0.1) is 0 Å². The van der Waals surface area contributed by atoms with Gasteiger partial charge in [-0.3, -0.25) is 9.59 Å². The van der Waals surface area contributed by atoms with Gasteiger partial charge in [0.1, 0.15) is 0 Å². The number of primary amides is 1. The summed E-state index contributed by atoms with van der Waals surface area (Å²) < 4.78 is 0. The lowest BCUT2D eigenvalue weighted by molar-refractivity contribution is -0.137. The van der Waals surface area contributed by atoms with E-state index >= 15 is 0 Å². The number of hydrogen-bond acceptors (Lipinski definition) is 2. The van der Waals surface area contributed by atoms with E-state index in [1.165, 1.54) is 77.0 Å². The van der Waals surface area contributed by atoms with Gasteiger partial charge in [-0.05, 0) is 12.8 Å². The predicted octanol–water partition coefficient (Wildman–Crippen LogP) is 5.58. The van der Waals surface area contributed by atoms with Gasteiger partial charge in [-0.15, -0.1) is 0 Å². The predicted molar refractivity (Wildman–Crippen MR) is 99.9 cm³/mol. The highest BCUT2D eigenvalue weighted by Crippen LogP contribution is 2.14. The van der Waals surface area contributed by atoms with Crippen molar-refractivity contribution in [1.82, 2.24) is 0 Å². The number of amides is 1. The summed E-state index contributed by atoms with van der Waals surface area (Å²) in [6, 6.07) is 0. The van der Waals surface area contributed by atoms with E-state index in [-0.39, 0.29) is 5.91 Å². The van der Waals surface area contributed by atoms with E-state index < -0.39 is 5.97 Å². The van der Waals surface area contributed by atoms with Crippen molar-refractivity contribution in [3.8, 4) is 0 Å². The SMILES string of the molecule is NC(=O)CCCCCCCCCCCCCCCCCCC(=O)O. The van der Waals surface area contributed by atoms with E-state index in [2.05, 4.69) is 0 Å². The van der Waals surface area contributed by atoms with Gasteiger partial charge in [0.2, 0.25) is 5.91 Å². The van der Waals surface area contributed by atoms with Crippen LogP contribution in [0.2, 0.25) is 0 Å². The molecule has 0 saturated heterocycles. The summed E-state index contributed by atoms with van der Waals surface area (Å²) in [5.74, 6) is -0.841. The van der Waals surface area contributed by atoms with Crippen molar-refractivity contribution in [3.63, 3.8) is 0 Å². The monoisotopic (exact) mass is 341 g/mol. The molecule has 0 aromatic rings. The summed E-state index contributed by atoms with van der Waals surface area (Å²) in [6.07, 6.45) is 20.6. The molecule has 0 aromatic carbocycles. The third-order valence-corrected chi connectivity index (χ3v) is 4.56. The number of carbonyl (C=O) groups is 2. The third-order valence-electron chi connectivity index (χ3n) is 4.56. The lowest BCUT2D eigenvalue weighted by Crippen LogP contribution is -2.09. The van der Waals surface area contributed by atoms with Gasteiger partial charge in [-0.1, -0.05) is 89.9 Å². The van der Waals surface area contributed by atoms with Crippen LogP contribution in [0.25, 0.3) is 0 Å². The Kier molecular flexibility index (Phi) is 17.5. The van der Waals surface area contributed by atoms with Crippen LogP contribution in [0.3, 0.4) is 0 Å². The van der Waals surface area contributed by atoms with E-state index in [4.69, 9.17) is 10.8 Å². The van der Waals surface area contributed by atoms with Crippen molar-refractivity contribution in [1.29, 1.82) is 0 Å². The Morgan fingerprint density at radius 2 is 0.750 bits per heavy atom. The standard InChI is InChI=1S/C20H39NO3/c21-19(22)17-15-13-11-9-7-5-3-1-2-4-6-8-10-12-14-16-18-20(23)24/h1-18H2,(H2,21,22)(H,23,24). The number of hydrogen-bond donors (Lipinski definition) is 2. The molecule has 0 saturated carbocycles. The summed E-state index contributed by atoms with van der Waals surface area (Å²) >= 11 is 0. The number of carboxylic acid groups (broad SMARTS) is 1. The van der Waals surface area contributed by atoms with Crippen LogP contribution in [0.5, 0.6) is 0 Å². The first-order valence-electron chi connectivity index (χ1n) is 10.1. The van der Waals surface area contributed by atoms with Crippen LogP contribution in [0.15, 0.2) is 0 Å². The Morgan fingerprint density at radius 3 is 1.00 bits per heavy atom. The number of rotatable bonds is 19. The Bertz CT molecular complexity index is 275. The lowest BCUT2D eigenvalue weighted by Gasteiger charge is -2.03. The zero-order valence-electron chi connectivity index (χ0n) is 15.6. The average molecular weight is 342 g/mol. The normalized spacial score (nSPS) is 10.8. The topological polar surface area (TPSA) is 80.4 Å². The van der Waals surface area contributed by atoms with E-state index in [0.717, 1.165) is 25.7 Å². The molecule has 0 unspecified atom stereocenters. The summed E-state index contributed by atoms with van der Waals surface area (Å²) in [5.41, 5.74) is 5.11. The van der Waals surface area contributed by atoms with E-state index in [1.54, 1.807) is 0 Å². The number of carbonyl (C=O) groups excluding carboxylic acids is 1. The number of unbranched alkanes of at least 4 members (excludes halogenated alkanes) is 15. The van der Waals surface area contributed by atoms with Crippen molar-refractivity contribution in [2.24, 2.45) is 5.73 Å². The molecule has 0 bridgehead atoms. The van der Waals surface area contributed by atoms with Crippen LogP contribution in [0, 0.1) is 0 Å². The third kappa shape index (κ3) is 20.9. The molecule has 0 radical (unpaired) electrons. The number of nitrogens with two attached hydrogens (primary N) is 1. The van der Waals surface area contributed by atoms with Gasteiger partial charge in [0.25, 0.3) is 0 Å². The molecule has 1 amide bonds. The fourth-order valence-corrected chi connectivity index (χ4v) is 3.05. The second kappa shape index (κ2) is 18.3. The lowest BCUT2D eigenvalue weighted by atomic mass is 10.0. The molecule has 0 atom stereocenters. The highest BCUT2D eigenvalue weighted by Gasteiger charge is 1.97. The van der Waals surface area contributed by atoms with E-state index in [0.29, 0.717) is 12.8 Å². The second-order valence-corrected chi connectivity index (χ2v) is 7.02. The summed E-state index contributed by atoms with van der Waals surface area (Å²) in [5, 5.41) is 8.54. The van der Waals surface area contributed by atoms with Crippen LogP contribution in [0.4, 0.5) is 0 Å². The van der Waals surface area contributed by atoms with Crippen molar-refractivity contribution in [2.45, 2.75) is 116 Å². The van der Waals surface area contributed by atoms with Crippen molar-refractivity contribution < 1.29 is 14.7 Å². The Labute approximate surface area is 148 Å². The quantitative estimate of drug-likeness (QED) is 0.301. The molecule has 4 heteroatoms. The van der Waals surface area contributed by atoms with Gasteiger partial charge in [0.15, 0.2) is 0 Å². The maximum absolute atomic E-state index is 10.6. The van der Waals surface area contributed by atoms with Crippen molar-refractivity contribution in [3.05, 3.63) is 0 Å². The van der Waals surface area contributed by atoms with Gasteiger partial charge in [-0.2, -0.15) is 0 Å². The largest absolute Gasteiger partial charge is 0.481 e. The van der Waals surface area contributed by atoms with E-state index in [1.807, 2.05) is 0 Å². The molecular formula is C20H39NO3.